The number of rotatable bonds is 3. The molecule has 27 heavy (non-hydrogen) atoms. The van der Waals surface area contributed by atoms with Gasteiger partial charge in [0.1, 0.15) is 11.6 Å². The van der Waals surface area contributed by atoms with Crippen molar-refractivity contribution in [2.24, 2.45) is 0 Å². The van der Waals surface area contributed by atoms with Crippen molar-refractivity contribution in [2.75, 3.05) is 0 Å². The Kier molecular flexibility index (Phi) is 5.11. The number of nitrogens with one attached hydrogen (secondary N) is 1. The summed E-state index contributed by atoms with van der Waals surface area (Å²) in [5.41, 5.74) is -1.21. The molecule has 0 saturated carbocycles. The minimum atomic E-state index is -1.15. The van der Waals surface area contributed by atoms with Crippen LogP contribution in [-0.2, 0) is 5.41 Å². The number of aromatic nitrogens is 3. The molecule has 0 unspecified atom stereocenters. The molecule has 0 aliphatic carbocycles. The van der Waals surface area contributed by atoms with Gasteiger partial charge in [-0.3, -0.25) is 9.78 Å². The predicted octanol–water partition coefficient (Wildman–Crippen LogP) is 3.71. The van der Waals surface area contributed by atoms with Gasteiger partial charge < -0.3 is 0 Å². The van der Waals surface area contributed by atoms with Crippen LogP contribution in [-0.4, -0.2) is 14.8 Å². The molecule has 0 amide bonds. The van der Waals surface area contributed by atoms with Gasteiger partial charge in [0, 0.05) is 20.6 Å². The van der Waals surface area contributed by atoms with Gasteiger partial charge in [-0.2, -0.15) is 15.0 Å². The maximum Gasteiger partial charge on any atom is 0.349 e. The van der Waals surface area contributed by atoms with Gasteiger partial charge in [-0.1, -0.05) is 46.9 Å². The third-order valence-electron chi connectivity index (χ3n) is 4.13. The second kappa shape index (κ2) is 7.20. The van der Waals surface area contributed by atoms with E-state index in [9.17, 15) is 14.9 Å². The molecule has 2 aromatic carbocycles. The molecule has 0 bridgehead atoms. The summed E-state index contributed by atoms with van der Waals surface area (Å²) in [7, 11) is 0. The van der Waals surface area contributed by atoms with Gasteiger partial charge in [-0.15, -0.1) is 0 Å². The van der Waals surface area contributed by atoms with Gasteiger partial charge in [0.15, 0.2) is 0 Å². The molecule has 0 spiro atoms. The Morgan fingerprint density at radius 2 is 1.70 bits per heavy atom. The van der Waals surface area contributed by atoms with E-state index in [2.05, 4.69) is 16.2 Å². The van der Waals surface area contributed by atoms with Crippen molar-refractivity contribution in [1.82, 2.24) is 14.8 Å². The largest absolute Gasteiger partial charge is 0.349 e. The average molecular weight is 422 g/mol. The smallest absolute Gasteiger partial charge is 0.271 e. The van der Waals surface area contributed by atoms with Gasteiger partial charge in [0.05, 0.1) is 11.8 Å². The molecule has 6 nitrogen and oxygen atoms in total. The van der Waals surface area contributed by atoms with Crippen LogP contribution in [0, 0.1) is 11.3 Å². The maximum absolute atomic E-state index is 11.9. The molecule has 136 valence electrons. The Balaban J connectivity index is 2.20. The Hall–Kier alpha value is -2.59. The quantitative estimate of drug-likeness (QED) is 0.698. The van der Waals surface area contributed by atoms with Gasteiger partial charge >= 0.3 is 5.69 Å². The number of benzene rings is 2. The fourth-order valence-electron chi connectivity index (χ4n) is 2.74. The van der Waals surface area contributed by atoms with Gasteiger partial charge in [-0.05, 0) is 36.8 Å². The molecule has 0 radical (unpaired) electrons. The number of hydrogen-bond donors (Lipinski definition) is 1. The van der Waals surface area contributed by atoms with Crippen LogP contribution in [0.2, 0.25) is 15.1 Å². The number of nitriles is 1. The minimum Gasteiger partial charge on any atom is -0.271 e. The van der Waals surface area contributed by atoms with E-state index in [1.165, 1.54) is 12.1 Å². The van der Waals surface area contributed by atoms with Crippen LogP contribution in [0.4, 0.5) is 0 Å². The Morgan fingerprint density at radius 3 is 2.22 bits per heavy atom. The molecular weight excluding hydrogens is 411 g/mol. The van der Waals surface area contributed by atoms with Crippen LogP contribution >= 0.6 is 34.8 Å². The van der Waals surface area contributed by atoms with E-state index in [1.54, 1.807) is 31.2 Å². The zero-order valence-corrected chi connectivity index (χ0v) is 16.1. The Bertz CT molecular complexity index is 1160. The molecule has 1 heterocycles. The Morgan fingerprint density at radius 1 is 1.11 bits per heavy atom. The van der Waals surface area contributed by atoms with Crippen molar-refractivity contribution in [1.29, 1.82) is 5.26 Å². The first kappa shape index (κ1) is 19.2. The molecule has 3 aromatic rings. The van der Waals surface area contributed by atoms with Crippen LogP contribution in [0.5, 0.6) is 0 Å². The highest BCUT2D eigenvalue weighted by Gasteiger charge is 2.34. The van der Waals surface area contributed by atoms with Crippen molar-refractivity contribution in [3.8, 4) is 11.8 Å². The third kappa shape index (κ3) is 3.50. The molecule has 1 N–H and O–H groups in total. The Labute approximate surface area is 168 Å². The molecule has 9 heteroatoms. The summed E-state index contributed by atoms with van der Waals surface area (Å²) in [4.78, 5) is 25.2. The topological polar surface area (TPSA) is 91.5 Å². The third-order valence-corrected chi connectivity index (χ3v) is 4.98. The van der Waals surface area contributed by atoms with Crippen molar-refractivity contribution in [3.63, 3.8) is 0 Å². The fraction of sp³-hybridized carbons (Fsp3) is 0.111. The monoisotopic (exact) mass is 420 g/mol. The van der Waals surface area contributed by atoms with Crippen molar-refractivity contribution < 1.29 is 0 Å². The van der Waals surface area contributed by atoms with Crippen LogP contribution in [0.15, 0.2) is 52.2 Å². The molecule has 0 fully saturated rings. The van der Waals surface area contributed by atoms with E-state index in [4.69, 9.17) is 34.8 Å². The summed E-state index contributed by atoms with van der Waals surface area (Å²) < 4.78 is 0.953. The normalized spacial score (nSPS) is 13.0. The molecule has 1 atom stereocenters. The lowest BCUT2D eigenvalue weighted by Crippen LogP contribution is -2.30. The van der Waals surface area contributed by atoms with Crippen LogP contribution in [0.3, 0.4) is 0 Å². The zero-order valence-electron chi connectivity index (χ0n) is 13.8. The molecule has 0 aliphatic heterocycles. The SMILES string of the molecule is C[C@@](C#N)(c1ccc(Cl)cc1)c1c(Cl)cc(-n2ncc(=O)[nH]c2=O)cc1Cl. The number of hydrogen-bond acceptors (Lipinski definition) is 4. The number of nitrogens with zero attached hydrogens (tertiary/aromatic N) is 3. The second-order valence-corrected chi connectivity index (χ2v) is 7.13. The van der Waals surface area contributed by atoms with Gasteiger partial charge in [0.25, 0.3) is 5.56 Å². The highest BCUT2D eigenvalue weighted by atomic mass is 35.5. The molecule has 0 saturated heterocycles. The summed E-state index contributed by atoms with van der Waals surface area (Å²) in [6.45, 7) is 1.69. The van der Waals surface area contributed by atoms with Crippen LogP contribution in [0.1, 0.15) is 18.1 Å². The summed E-state index contributed by atoms with van der Waals surface area (Å²) >= 11 is 18.8. The summed E-state index contributed by atoms with van der Waals surface area (Å²) in [6, 6.07) is 12.0. The lowest BCUT2D eigenvalue weighted by molar-refractivity contribution is 0.731. The van der Waals surface area contributed by atoms with E-state index >= 15 is 0 Å². The summed E-state index contributed by atoms with van der Waals surface area (Å²) in [6.07, 6.45) is 0.963. The molecule has 3 rings (SSSR count). The average Bonchev–Trinajstić information content (AvgIpc) is 2.61. The number of H-pyrrole nitrogens is 1. The van der Waals surface area contributed by atoms with Gasteiger partial charge in [0.2, 0.25) is 0 Å². The van der Waals surface area contributed by atoms with E-state index in [0.717, 1.165) is 10.9 Å². The molecular formula is C18H11Cl3N4O2. The highest BCUT2D eigenvalue weighted by molar-refractivity contribution is 6.36. The second-order valence-electron chi connectivity index (χ2n) is 5.88. The van der Waals surface area contributed by atoms with Crippen molar-refractivity contribution in [3.05, 3.63) is 89.6 Å². The van der Waals surface area contributed by atoms with Crippen molar-refractivity contribution in [2.45, 2.75) is 12.3 Å². The fourth-order valence-corrected chi connectivity index (χ4v) is 3.72. The standard InChI is InChI=1S/C18H11Cl3N4O2/c1-18(9-22,10-2-4-11(19)5-3-10)16-13(20)6-12(7-14(16)21)25-17(27)24-15(26)8-23-25/h2-8H,1H3,(H,24,26,27)/t18-/m1/s1. The molecule has 1 aromatic heterocycles. The predicted molar refractivity (Wildman–Crippen MR) is 104 cm³/mol. The number of halogens is 3. The van der Waals surface area contributed by atoms with Gasteiger partial charge in [-0.25, -0.2) is 4.79 Å². The van der Waals surface area contributed by atoms with E-state index in [0.29, 0.717) is 16.1 Å². The van der Waals surface area contributed by atoms with E-state index in [-0.39, 0.29) is 15.7 Å². The first-order valence-corrected chi connectivity index (χ1v) is 8.75. The maximum atomic E-state index is 11.9. The van der Waals surface area contributed by atoms with Crippen molar-refractivity contribution >= 4 is 34.8 Å². The number of aromatic amines is 1. The van der Waals surface area contributed by atoms with E-state index < -0.39 is 16.7 Å². The lowest BCUT2D eigenvalue weighted by Gasteiger charge is -2.25. The van der Waals surface area contributed by atoms with Crippen LogP contribution < -0.4 is 11.2 Å². The summed E-state index contributed by atoms with van der Waals surface area (Å²) in [5.74, 6) is 0. The lowest BCUT2D eigenvalue weighted by atomic mass is 9.77. The first-order valence-electron chi connectivity index (χ1n) is 7.62. The first-order chi connectivity index (χ1) is 12.8. The van der Waals surface area contributed by atoms with E-state index in [1.807, 2.05) is 0 Å². The zero-order chi connectivity index (χ0) is 19.8. The highest BCUT2D eigenvalue weighted by Crippen LogP contribution is 2.41. The minimum absolute atomic E-state index is 0.177. The molecule has 0 aliphatic rings. The van der Waals surface area contributed by atoms with Crippen LogP contribution in [0.25, 0.3) is 5.69 Å². The summed E-state index contributed by atoms with van der Waals surface area (Å²) in [5, 5.41) is 14.5.